The van der Waals surface area contributed by atoms with Crippen molar-refractivity contribution in [3.05, 3.63) is 71.2 Å². The van der Waals surface area contributed by atoms with Gasteiger partial charge in [0.25, 0.3) is 5.91 Å². The van der Waals surface area contributed by atoms with Gasteiger partial charge in [-0.05, 0) is 42.5 Å². The van der Waals surface area contributed by atoms with Crippen molar-refractivity contribution in [1.29, 1.82) is 0 Å². The van der Waals surface area contributed by atoms with Crippen molar-refractivity contribution in [1.82, 2.24) is 4.98 Å². The van der Waals surface area contributed by atoms with Crippen LogP contribution in [0, 0.1) is 0 Å². The van der Waals surface area contributed by atoms with Gasteiger partial charge in [-0.15, -0.1) is 11.3 Å². The average Bonchev–Trinajstić information content (AvgIpc) is 3.31. The number of quaternary nitrogens is 1. The topological polar surface area (TPSA) is 37.6 Å². The Morgan fingerprint density at radius 2 is 1.93 bits per heavy atom. The Kier molecular flexibility index (Phi) is 3.93. The van der Waals surface area contributed by atoms with E-state index in [9.17, 15) is 4.79 Å². The van der Waals surface area contributed by atoms with E-state index < -0.39 is 0 Å². The Morgan fingerprint density at radius 1 is 1.07 bits per heavy atom. The highest BCUT2D eigenvalue weighted by Gasteiger charge is 2.34. The fraction of sp³-hybridized carbons (Fsp3) is 0.250. The third kappa shape index (κ3) is 2.76. The Morgan fingerprint density at radius 3 is 2.83 bits per heavy atom. The second kappa shape index (κ2) is 6.65. The number of aromatic nitrogens is 1. The van der Waals surface area contributed by atoms with Crippen LogP contribution in [0.15, 0.2) is 60.7 Å². The molecule has 29 heavy (non-hydrogen) atoms. The molecule has 144 valence electrons. The van der Waals surface area contributed by atoms with E-state index in [0.717, 1.165) is 47.3 Å². The molecule has 0 aliphatic carbocycles. The van der Waals surface area contributed by atoms with Crippen LogP contribution in [-0.2, 0) is 0 Å². The molecule has 0 radical (unpaired) electrons. The van der Waals surface area contributed by atoms with E-state index in [1.165, 1.54) is 27.4 Å². The van der Waals surface area contributed by atoms with Gasteiger partial charge in [0.2, 0.25) is 0 Å². The van der Waals surface area contributed by atoms with Gasteiger partial charge in [-0.25, -0.2) is 4.98 Å². The summed E-state index contributed by atoms with van der Waals surface area (Å²) in [7, 11) is 0. The predicted octanol–water partition coefficient (Wildman–Crippen LogP) is 3.83. The summed E-state index contributed by atoms with van der Waals surface area (Å²) in [5.74, 6) is 0.624. The zero-order valence-electron chi connectivity index (χ0n) is 16.1. The molecule has 0 spiro atoms. The van der Waals surface area contributed by atoms with Crippen LogP contribution in [0.2, 0.25) is 0 Å². The van der Waals surface area contributed by atoms with Crippen molar-refractivity contribution in [2.75, 3.05) is 24.7 Å². The number of rotatable bonds is 3. The molecule has 3 aromatic carbocycles. The number of piperidine rings is 1. The number of thiazole rings is 1. The molecule has 0 bridgehead atoms. The minimum Gasteiger partial charge on any atom is -0.317 e. The van der Waals surface area contributed by atoms with Crippen molar-refractivity contribution in [2.45, 2.75) is 18.8 Å². The van der Waals surface area contributed by atoms with Gasteiger partial charge < -0.3 is 4.90 Å². The van der Waals surface area contributed by atoms with E-state index in [2.05, 4.69) is 48.5 Å². The summed E-state index contributed by atoms with van der Waals surface area (Å²) >= 11 is 1.83. The quantitative estimate of drug-likeness (QED) is 0.568. The number of hydrogen-bond donors (Lipinski definition) is 1. The molecule has 1 aromatic heterocycles. The molecule has 0 saturated carbocycles. The van der Waals surface area contributed by atoms with Gasteiger partial charge in [-0.3, -0.25) is 9.69 Å². The predicted molar refractivity (Wildman–Crippen MR) is 118 cm³/mol. The average molecular weight is 401 g/mol. The number of fused-ring (bicyclic) bond motifs is 1. The van der Waals surface area contributed by atoms with Gasteiger partial charge in [0, 0.05) is 5.39 Å². The van der Waals surface area contributed by atoms with Gasteiger partial charge in [-0.2, -0.15) is 0 Å². The molecule has 3 heterocycles. The van der Waals surface area contributed by atoms with Gasteiger partial charge in [0.05, 0.1) is 40.5 Å². The summed E-state index contributed by atoms with van der Waals surface area (Å²) in [6.45, 7) is 2.88. The van der Waals surface area contributed by atoms with Crippen LogP contribution in [0.4, 0.5) is 5.69 Å². The minimum absolute atomic E-state index is 0.145. The minimum atomic E-state index is 0.145. The highest BCUT2D eigenvalue weighted by molar-refractivity contribution is 7.18. The molecule has 6 rings (SSSR count). The second-order valence-corrected chi connectivity index (χ2v) is 9.20. The number of nitrogens with one attached hydrogen (secondary N) is 1. The highest BCUT2D eigenvalue weighted by Crippen LogP contribution is 2.36. The maximum absolute atomic E-state index is 13.1. The van der Waals surface area contributed by atoms with Crippen LogP contribution in [0.3, 0.4) is 0 Å². The van der Waals surface area contributed by atoms with E-state index in [0.29, 0.717) is 5.92 Å². The fourth-order valence-corrected chi connectivity index (χ4v) is 6.03. The molecular weight excluding hydrogens is 378 g/mol. The van der Waals surface area contributed by atoms with Crippen molar-refractivity contribution in [2.24, 2.45) is 0 Å². The first kappa shape index (κ1) is 17.1. The number of nitrogens with zero attached hydrogens (tertiary/aromatic N) is 2. The summed E-state index contributed by atoms with van der Waals surface area (Å²) in [6, 6.07) is 20.7. The largest absolute Gasteiger partial charge is 0.317 e. The monoisotopic (exact) mass is 400 g/mol. The highest BCUT2D eigenvalue weighted by atomic mass is 32.1. The molecule has 2 aliphatic heterocycles. The molecule has 4 nitrogen and oxygen atoms in total. The Bertz CT molecular complexity index is 1210. The zero-order valence-corrected chi connectivity index (χ0v) is 16.9. The lowest BCUT2D eigenvalue weighted by Crippen LogP contribution is -3.15. The summed E-state index contributed by atoms with van der Waals surface area (Å²) in [5.41, 5.74) is 3.02. The molecule has 4 aromatic rings. The van der Waals surface area contributed by atoms with E-state index >= 15 is 0 Å². The first-order chi connectivity index (χ1) is 14.3. The van der Waals surface area contributed by atoms with Crippen LogP contribution in [-0.4, -0.2) is 30.6 Å². The van der Waals surface area contributed by atoms with Crippen LogP contribution >= 0.6 is 11.3 Å². The summed E-state index contributed by atoms with van der Waals surface area (Å²) in [4.78, 5) is 21.5. The maximum atomic E-state index is 13.1. The molecule has 1 saturated heterocycles. The molecule has 5 heteroatoms. The summed E-state index contributed by atoms with van der Waals surface area (Å²) in [6.07, 6.45) is 2.36. The number of amides is 1. The van der Waals surface area contributed by atoms with Gasteiger partial charge in [0.1, 0.15) is 5.01 Å². The number of hydrogen-bond acceptors (Lipinski definition) is 3. The fourth-order valence-electron chi connectivity index (χ4n) is 4.93. The first-order valence-electron chi connectivity index (χ1n) is 10.3. The lowest BCUT2D eigenvalue weighted by Gasteiger charge is -2.31. The Balaban J connectivity index is 1.26. The lowest BCUT2D eigenvalue weighted by molar-refractivity contribution is -0.905. The number of anilines is 1. The van der Waals surface area contributed by atoms with Gasteiger partial charge in [-0.1, -0.05) is 36.4 Å². The molecule has 1 unspecified atom stereocenters. The number of para-hydroxylation sites is 1. The van der Waals surface area contributed by atoms with E-state index in [-0.39, 0.29) is 5.91 Å². The molecular formula is C24H22N3OS+. The second-order valence-electron chi connectivity index (χ2n) is 8.14. The normalized spacial score (nSPS) is 21.4. The third-order valence-corrected chi connectivity index (χ3v) is 7.51. The van der Waals surface area contributed by atoms with Crippen LogP contribution in [0.1, 0.15) is 34.1 Å². The third-order valence-electron chi connectivity index (χ3n) is 6.31. The number of carbonyl (C=O) groups is 1. The molecule has 1 N–H and O–H groups in total. The van der Waals surface area contributed by atoms with E-state index in [1.807, 2.05) is 28.4 Å². The SMILES string of the molecule is O=C1c2cccc3cccc(c23)N1C[NH+]1CCC[C@H](c2nc3ccccc3s2)C1. The summed E-state index contributed by atoms with van der Waals surface area (Å²) in [5, 5.41) is 3.51. The van der Waals surface area contributed by atoms with Crippen LogP contribution in [0.5, 0.6) is 0 Å². The lowest BCUT2D eigenvalue weighted by atomic mass is 9.99. The van der Waals surface area contributed by atoms with Gasteiger partial charge in [0.15, 0.2) is 6.67 Å². The van der Waals surface area contributed by atoms with Crippen LogP contribution in [0.25, 0.3) is 21.0 Å². The van der Waals surface area contributed by atoms with Crippen molar-refractivity contribution < 1.29 is 9.69 Å². The zero-order chi connectivity index (χ0) is 19.4. The Labute approximate surface area is 173 Å². The number of likely N-dealkylation sites (tertiary alicyclic amines) is 1. The van der Waals surface area contributed by atoms with E-state index in [1.54, 1.807) is 0 Å². The first-order valence-corrected chi connectivity index (χ1v) is 11.1. The standard InChI is InChI=1S/C24H21N3OS/c28-24-18-9-3-6-16-7-4-11-20(22(16)18)27(24)15-26-13-5-8-17(14-26)23-25-19-10-1-2-12-21(19)29-23/h1-4,6-7,9-12,17H,5,8,13-15H2/p+1/t17-/m0/s1. The summed E-state index contributed by atoms with van der Waals surface area (Å²) < 4.78 is 1.27. The molecule has 2 aliphatic rings. The van der Waals surface area contributed by atoms with Crippen molar-refractivity contribution in [3.8, 4) is 0 Å². The number of carbonyl (C=O) groups excluding carboxylic acids is 1. The number of benzene rings is 3. The maximum Gasteiger partial charge on any atom is 0.263 e. The van der Waals surface area contributed by atoms with Crippen LogP contribution < -0.4 is 9.80 Å². The van der Waals surface area contributed by atoms with E-state index in [4.69, 9.17) is 4.98 Å². The van der Waals surface area contributed by atoms with Gasteiger partial charge >= 0.3 is 0 Å². The molecule has 2 atom stereocenters. The smallest absolute Gasteiger partial charge is 0.263 e. The molecule has 1 amide bonds. The van der Waals surface area contributed by atoms with Crippen molar-refractivity contribution >= 4 is 43.9 Å². The van der Waals surface area contributed by atoms with Crippen molar-refractivity contribution in [3.63, 3.8) is 0 Å². The Hall–Kier alpha value is -2.76. The molecule has 1 fully saturated rings.